The van der Waals surface area contributed by atoms with Crippen LogP contribution in [0.1, 0.15) is 40.5 Å². The first kappa shape index (κ1) is 24.2. The molecule has 0 saturated carbocycles. The van der Waals surface area contributed by atoms with E-state index in [0.717, 1.165) is 0 Å². The maximum absolute atomic E-state index is 13.9. The molecule has 1 spiro atoms. The highest BCUT2D eigenvalue weighted by atomic mass is 79.9. The van der Waals surface area contributed by atoms with Gasteiger partial charge in [-0.1, -0.05) is 35.9 Å². The van der Waals surface area contributed by atoms with Gasteiger partial charge in [0.25, 0.3) is 0 Å². The maximum Gasteiger partial charge on any atom is 0.310 e. The molecule has 1 unspecified atom stereocenters. The lowest BCUT2D eigenvalue weighted by atomic mass is 9.70. The molecule has 0 aromatic rings. The van der Waals surface area contributed by atoms with Crippen molar-refractivity contribution in [3.63, 3.8) is 0 Å². The molecule has 3 saturated heterocycles. The van der Waals surface area contributed by atoms with Gasteiger partial charge in [0.2, 0.25) is 11.8 Å². The van der Waals surface area contributed by atoms with Gasteiger partial charge in [-0.05, 0) is 32.6 Å². The Morgan fingerprint density at radius 3 is 2.52 bits per heavy atom. The fourth-order valence-electron chi connectivity index (χ4n) is 5.69. The van der Waals surface area contributed by atoms with Gasteiger partial charge in [-0.2, -0.15) is 0 Å². The predicted octanol–water partition coefficient (Wildman–Crippen LogP) is 1.65. The van der Waals surface area contributed by atoms with Crippen molar-refractivity contribution >= 4 is 33.7 Å². The third-order valence-electron chi connectivity index (χ3n) is 6.83. The van der Waals surface area contributed by atoms with Crippen molar-refractivity contribution < 1.29 is 29.3 Å². The first-order chi connectivity index (χ1) is 14.5. The molecule has 8 nitrogen and oxygen atoms in total. The van der Waals surface area contributed by atoms with Crippen LogP contribution in [0.4, 0.5) is 0 Å². The molecule has 2 amide bonds. The molecule has 3 aliphatic heterocycles. The summed E-state index contributed by atoms with van der Waals surface area (Å²) < 4.78 is 6.27. The van der Waals surface area contributed by atoms with Gasteiger partial charge in [-0.25, -0.2) is 0 Å². The quantitative estimate of drug-likeness (QED) is 0.368. The van der Waals surface area contributed by atoms with E-state index in [-0.39, 0.29) is 29.3 Å². The summed E-state index contributed by atoms with van der Waals surface area (Å²) in [6.07, 6.45) is 1.82. The first-order valence-corrected chi connectivity index (χ1v) is 11.8. The maximum atomic E-state index is 13.9. The zero-order valence-corrected chi connectivity index (χ0v) is 20.1. The molecule has 9 heteroatoms. The molecule has 0 aliphatic carbocycles. The van der Waals surface area contributed by atoms with Crippen molar-refractivity contribution in [1.82, 2.24) is 9.80 Å². The average Bonchev–Trinajstić information content (AvgIpc) is 3.26. The second-order valence-electron chi connectivity index (χ2n) is 9.59. The third kappa shape index (κ3) is 3.72. The molecular formula is C22H33BrN2O6. The first-order valence-electron chi connectivity index (χ1n) is 10.9. The van der Waals surface area contributed by atoms with Gasteiger partial charge in [0, 0.05) is 17.4 Å². The number of hydrogen-bond acceptors (Lipinski definition) is 5. The summed E-state index contributed by atoms with van der Waals surface area (Å²) in [6, 6.07) is -1.73. The van der Waals surface area contributed by atoms with Crippen LogP contribution in [-0.4, -0.2) is 85.6 Å². The number of aliphatic carboxylic acids is 1. The Bertz CT molecular complexity index is 758. The van der Waals surface area contributed by atoms with Gasteiger partial charge in [0.15, 0.2) is 0 Å². The number of rotatable bonds is 9. The number of amides is 2. The van der Waals surface area contributed by atoms with E-state index in [9.17, 15) is 24.6 Å². The minimum atomic E-state index is -1.23. The SMILES string of the molecule is C=CCN(C(=O)[C@@H]1N([C@@H](CO)CC(C)C)C(=O)[C@H]2[C@H](C(=O)O)[C@H]3O[C@@]12CC3Br)C(C)C. The van der Waals surface area contributed by atoms with E-state index in [1.807, 2.05) is 27.7 Å². The lowest BCUT2D eigenvalue weighted by Gasteiger charge is -2.40. The minimum absolute atomic E-state index is 0.149. The number of ether oxygens (including phenoxy) is 1. The van der Waals surface area contributed by atoms with Crippen LogP contribution in [0.3, 0.4) is 0 Å². The van der Waals surface area contributed by atoms with Crippen molar-refractivity contribution in [2.24, 2.45) is 17.8 Å². The normalized spacial score (nSPS) is 35.0. The van der Waals surface area contributed by atoms with E-state index in [1.165, 1.54) is 4.90 Å². The highest BCUT2D eigenvalue weighted by Gasteiger charge is 2.77. The fraction of sp³-hybridized carbons (Fsp3) is 0.773. The van der Waals surface area contributed by atoms with Crippen molar-refractivity contribution in [2.45, 2.75) is 75.2 Å². The summed E-state index contributed by atoms with van der Waals surface area (Å²) in [4.78, 5) is 42.6. The number of fused-ring (bicyclic) bond motifs is 1. The van der Waals surface area contributed by atoms with E-state index >= 15 is 0 Å². The molecular weight excluding hydrogens is 468 g/mol. The largest absolute Gasteiger partial charge is 0.481 e. The molecule has 2 bridgehead atoms. The van der Waals surface area contributed by atoms with E-state index in [4.69, 9.17) is 4.74 Å². The minimum Gasteiger partial charge on any atom is -0.481 e. The summed E-state index contributed by atoms with van der Waals surface area (Å²) in [5, 5.41) is 20.1. The van der Waals surface area contributed by atoms with Crippen molar-refractivity contribution in [1.29, 1.82) is 0 Å². The zero-order chi connectivity index (χ0) is 23.2. The van der Waals surface area contributed by atoms with Crippen molar-refractivity contribution in [3.05, 3.63) is 12.7 Å². The number of nitrogens with zero attached hydrogens (tertiary/aromatic N) is 2. The number of carbonyl (C=O) groups is 3. The highest BCUT2D eigenvalue weighted by molar-refractivity contribution is 9.09. The van der Waals surface area contributed by atoms with Gasteiger partial charge in [-0.15, -0.1) is 6.58 Å². The van der Waals surface area contributed by atoms with Crippen LogP contribution >= 0.6 is 15.9 Å². The van der Waals surface area contributed by atoms with Gasteiger partial charge in [-0.3, -0.25) is 14.4 Å². The Morgan fingerprint density at radius 1 is 1.39 bits per heavy atom. The summed E-state index contributed by atoms with van der Waals surface area (Å²) in [6.45, 7) is 11.5. The lowest BCUT2D eigenvalue weighted by molar-refractivity contribution is -0.154. The topological polar surface area (TPSA) is 107 Å². The van der Waals surface area contributed by atoms with Crippen molar-refractivity contribution in [2.75, 3.05) is 13.2 Å². The molecule has 3 rings (SSSR count). The van der Waals surface area contributed by atoms with Gasteiger partial charge in [0.05, 0.1) is 30.6 Å². The second-order valence-corrected chi connectivity index (χ2v) is 10.8. The summed E-state index contributed by atoms with van der Waals surface area (Å²) in [5.74, 6) is -3.61. The van der Waals surface area contributed by atoms with Crippen LogP contribution < -0.4 is 0 Å². The Balaban J connectivity index is 2.14. The fourth-order valence-corrected chi connectivity index (χ4v) is 6.64. The standard InChI is InChI=1S/C22H33BrN2O6/c1-6-7-24(12(4)5)20(28)18-22-9-14(23)17(31-22)15(21(29)30)16(22)19(27)25(18)13(10-26)8-11(2)3/h6,11-18,26H,1,7-10H2,2-5H3,(H,29,30)/t13-,14?,15+,16-,17+,18+,22-/m1/s1. The Kier molecular flexibility index (Phi) is 6.89. The molecule has 0 radical (unpaired) electrons. The van der Waals surface area contributed by atoms with Gasteiger partial charge < -0.3 is 24.7 Å². The summed E-state index contributed by atoms with van der Waals surface area (Å²) in [7, 11) is 0. The molecule has 174 valence electrons. The molecule has 7 atom stereocenters. The monoisotopic (exact) mass is 500 g/mol. The zero-order valence-electron chi connectivity index (χ0n) is 18.5. The van der Waals surface area contributed by atoms with Crippen LogP contribution in [0.2, 0.25) is 0 Å². The number of alkyl halides is 1. The number of likely N-dealkylation sites (tertiary alicyclic amines) is 1. The Morgan fingerprint density at radius 2 is 2.03 bits per heavy atom. The highest BCUT2D eigenvalue weighted by Crippen LogP contribution is 2.60. The van der Waals surface area contributed by atoms with Crippen LogP contribution in [-0.2, 0) is 19.1 Å². The molecule has 0 aromatic heterocycles. The number of carboxylic acids is 1. The van der Waals surface area contributed by atoms with Crippen molar-refractivity contribution in [3.8, 4) is 0 Å². The number of halogens is 1. The Labute approximate surface area is 191 Å². The van der Waals surface area contributed by atoms with Gasteiger partial charge >= 0.3 is 5.97 Å². The number of carboxylic acid groups (broad SMARTS) is 1. The van der Waals surface area contributed by atoms with E-state index < -0.39 is 47.5 Å². The van der Waals surface area contributed by atoms with Crippen LogP contribution in [0.25, 0.3) is 0 Å². The average molecular weight is 501 g/mol. The molecule has 0 aromatic carbocycles. The number of hydrogen-bond donors (Lipinski definition) is 2. The van der Waals surface area contributed by atoms with E-state index in [2.05, 4.69) is 22.5 Å². The van der Waals surface area contributed by atoms with Gasteiger partial charge in [0.1, 0.15) is 11.6 Å². The van der Waals surface area contributed by atoms with Crippen LogP contribution in [0.5, 0.6) is 0 Å². The molecule has 2 N–H and O–H groups in total. The number of aliphatic hydroxyl groups excluding tert-OH is 1. The van der Waals surface area contributed by atoms with E-state index in [1.54, 1.807) is 11.0 Å². The predicted molar refractivity (Wildman–Crippen MR) is 118 cm³/mol. The summed E-state index contributed by atoms with van der Waals surface area (Å²) in [5.41, 5.74) is -1.23. The molecule has 31 heavy (non-hydrogen) atoms. The number of carbonyl (C=O) groups excluding carboxylic acids is 2. The molecule has 3 fully saturated rings. The van der Waals surface area contributed by atoms with Crippen LogP contribution in [0.15, 0.2) is 12.7 Å². The third-order valence-corrected chi connectivity index (χ3v) is 7.67. The lowest BCUT2D eigenvalue weighted by Crippen LogP contribution is -2.60. The molecule has 3 heterocycles. The Hall–Kier alpha value is -1.45. The second kappa shape index (κ2) is 8.83. The number of aliphatic hydroxyl groups is 1. The smallest absolute Gasteiger partial charge is 0.310 e. The van der Waals surface area contributed by atoms with E-state index in [0.29, 0.717) is 19.4 Å². The molecule has 3 aliphatic rings. The summed E-state index contributed by atoms with van der Waals surface area (Å²) >= 11 is 3.53. The van der Waals surface area contributed by atoms with Crippen LogP contribution in [0, 0.1) is 17.8 Å².